The number of ether oxygens (including phenoxy) is 1. The van der Waals surface area contributed by atoms with Gasteiger partial charge in [-0.3, -0.25) is 4.79 Å². The van der Waals surface area contributed by atoms with E-state index in [1.807, 2.05) is 0 Å². The summed E-state index contributed by atoms with van der Waals surface area (Å²) in [7, 11) is 1.19. The van der Waals surface area contributed by atoms with E-state index in [0.29, 0.717) is 6.54 Å². The molecule has 1 unspecified atom stereocenters. The molecule has 0 heterocycles. The van der Waals surface area contributed by atoms with Crippen LogP contribution in [0.25, 0.3) is 0 Å². The van der Waals surface area contributed by atoms with E-state index in [-0.39, 0.29) is 12.5 Å². The molecule has 1 aliphatic carbocycles. The zero-order valence-electron chi connectivity index (χ0n) is 10.1. The molecule has 1 rings (SSSR count). The van der Waals surface area contributed by atoms with Gasteiger partial charge in [-0.05, 0) is 12.8 Å². The number of methoxy groups -OCH3 is 1. The van der Waals surface area contributed by atoms with Gasteiger partial charge in [-0.25, -0.2) is 4.79 Å². The van der Waals surface area contributed by atoms with Crippen LogP contribution in [0.2, 0.25) is 0 Å². The Balaban J connectivity index is 2.46. The molecule has 1 atom stereocenters. The van der Waals surface area contributed by atoms with Crippen molar-refractivity contribution in [2.75, 3.05) is 20.2 Å². The van der Waals surface area contributed by atoms with Crippen LogP contribution in [0.15, 0.2) is 0 Å². The number of rotatable bonds is 5. The number of aliphatic hydroxyl groups excluding tert-OH is 1. The van der Waals surface area contributed by atoms with Gasteiger partial charge in [-0.1, -0.05) is 12.8 Å². The molecule has 0 aliphatic heterocycles. The van der Waals surface area contributed by atoms with E-state index >= 15 is 0 Å². The van der Waals surface area contributed by atoms with Crippen LogP contribution >= 0.6 is 0 Å². The first-order valence-electron chi connectivity index (χ1n) is 5.80. The van der Waals surface area contributed by atoms with Crippen molar-refractivity contribution in [1.82, 2.24) is 5.32 Å². The highest BCUT2D eigenvalue weighted by Gasteiger charge is 2.39. The summed E-state index contributed by atoms with van der Waals surface area (Å²) >= 11 is 0. The average Bonchev–Trinajstić information content (AvgIpc) is 2.84. The fourth-order valence-electron chi connectivity index (χ4n) is 2.17. The maximum Gasteiger partial charge on any atom is 0.336 e. The van der Waals surface area contributed by atoms with Gasteiger partial charge in [0, 0.05) is 6.54 Å². The molecule has 1 aliphatic rings. The molecule has 6 nitrogen and oxygen atoms in total. The number of nitrogens with one attached hydrogen (secondary N) is 1. The Morgan fingerprint density at radius 3 is 2.53 bits per heavy atom. The summed E-state index contributed by atoms with van der Waals surface area (Å²) in [6, 6.07) is 0. The standard InChI is InChI=1S/C11H20N2O4/c1-17-9(15)8(14)6-13-10(16)11(7-12)4-2-3-5-11/h8,14H,2-7,12H2,1H3,(H,13,16). The van der Waals surface area contributed by atoms with Crippen LogP contribution < -0.4 is 11.1 Å². The summed E-state index contributed by atoms with van der Waals surface area (Å²) in [6.07, 6.45) is 2.20. The molecule has 0 aromatic heterocycles. The van der Waals surface area contributed by atoms with E-state index in [1.165, 1.54) is 7.11 Å². The van der Waals surface area contributed by atoms with Gasteiger partial charge in [0.25, 0.3) is 0 Å². The zero-order chi connectivity index (χ0) is 12.9. The fraction of sp³-hybridized carbons (Fsp3) is 0.818. The lowest BCUT2D eigenvalue weighted by atomic mass is 9.85. The second-order valence-electron chi connectivity index (χ2n) is 4.44. The molecule has 0 saturated heterocycles. The third-order valence-electron chi connectivity index (χ3n) is 3.36. The van der Waals surface area contributed by atoms with E-state index in [2.05, 4.69) is 10.1 Å². The molecule has 0 spiro atoms. The van der Waals surface area contributed by atoms with Crippen LogP contribution in [0, 0.1) is 5.41 Å². The molecular weight excluding hydrogens is 224 g/mol. The van der Waals surface area contributed by atoms with Crippen molar-refractivity contribution < 1.29 is 19.4 Å². The molecular formula is C11H20N2O4. The van der Waals surface area contributed by atoms with Crippen molar-refractivity contribution in [3.63, 3.8) is 0 Å². The summed E-state index contributed by atoms with van der Waals surface area (Å²) in [5, 5.41) is 11.9. The lowest BCUT2D eigenvalue weighted by molar-refractivity contribution is -0.150. The summed E-state index contributed by atoms with van der Waals surface area (Å²) in [6.45, 7) is 0.167. The predicted octanol–water partition coefficient (Wildman–Crippen LogP) is -0.844. The third-order valence-corrected chi connectivity index (χ3v) is 3.36. The topological polar surface area (TPSA) is 102 Å². The summed E-state index contributed by atoms with van der Waals surface area (Å²) in [5.41, 5.74) is 5.13. The SMILES string of the molecule is COC(=O)C(O)CNC(=O)C1(CN)CCCC1. The molecule has 1 saturated carbocycles. The molecule has 0 bridgehead atoms. The van der Waals surface area contributed by atoms with Crippen molar-refractivity contribution in [3.05, 3.63) is 0 Å². The average molecular weight is 244 g/mol. The van der Waals surface area contributed by atoms with Crippen molar-refractivity contribution in [3.8, 4) is 0 Å². The molecule has 1 amide bonds. The molecule has 0 radical (unpaired) electrons. The fourth-order valence-corrected chi connectivity index (χ4v) is 2.17. The minimum atomic E-state index is -1.32. The largest absolute Gasteiger partial charge is 0.467 e. The lowest BCUT2D eigenvalue weighted by Gasteiger charge is -2.26. The van der Waals surface area contributed by atoms with Gasteiger partial charge in [0.2, 0.25) is 5.91 Å². The van der Waals surface area contributed by atoms with E-state index in [0.717, 1.165) is 25.7 Å². The smallest absolute Gasteiger partial charge is 0.336 e. The molecule has 98 valence electrons. The number of nitrogens with two attached hydrogens (primary N) is 1. The predicted molar refractivity (Wildman–Crippen MR) is 61.0 cm³/mol. The van der Waals surface area contributed by atoms with E-state index in [4.69, 9.17) is 5.73 Å². The van der Waals surface area contributed by atoms with Gasteiger partial charge in [-0.15, -0.1) is 0 Å². The molecule has 0 aromatic carbocycles. The second-order valence-corrected chi connectivity index (χ2v) is 4.44. The quantitative estimate of drug-likeness (QED) is 0.547. The molecule has 1 fully saturated rings. The van der Waals surface area contributed by atoms with Gasteiger partial charge in [0.05, 0.1) is 19.1 Å². The van der Waals surface area contributed by atoms with Crippen LogP contribution in [-0.4, -0.2) is 43.3 Å². The normalized spacial score (nSPS) is 19.7. The molecule has 17 heavy (non-hydrogen) atoms. The number of carbonyl (C=O) groups is 2. The van der Waals surface area contributed by atoms with Gasteiger partial charge in [-0.2, -0.15) is 0 Å². The van der Waals surface area contributed by atoms with Crippen LogP contribution in [0.1, 0.15) is 25.7 Å². The molecule has 0 aromatic rings. The second kappa shape index (κ2) is 5.97. The van der Waals surface area contributed by atoms with Crippen molar-refractivity contribution >= 4 is 11.9 Å². The Hall–Kier alpha value is -1.14. The number of amides is 1. The highest BCUT2D eigenvalue weighted by molar-refractivity contribution is 5.84. The Bertz CT molecular complexity index is 287. The minimum Gasteiger partial charge on any atom is -0.467 e. The number of carbonyl (C=O) groups excluding carboxylic acids is 2. The van der Waals surface area contributed by atoms with E-state index in [1.54, 1.807) is 0 Å². The van der Waals surface area contributed by atoms with Gasteiger partial charge in [0.1, 0.15) is 0 Å². The van der Waals surface area contributed by atoms with Crippen molar-refractivity contribution in [2.24, 2.45) is 11.1 Å². The van der Waals surface area contributed by atoms with E-state index < -0.39 is 17.5 Å². The third kappa shape index (κ3) is 3.17. The monoisotopic (exact) mass is 244 g/mol. The van der Waals surface area contributed by atoms with Gasteiger partial charge < -0.3 is 20.9 Å². The summed E-state index contributed by atoms with van der Waals surface area (Å²) in [5.74, 6) is -0.932. The van der Waals surface area contributed by atoms with Crippen LogP contribution in [0.3, 0.4) is 0 Å². The Morgan fingerprint density at radius 1 is 1.47 bits per heavy atom. The maximum absolute atomic E-state index is 12.0. The molecule has 6 heteroatoms. The number of hydrogen-bond donors (Lipinski definition) is 3. The zero-order valence-corrected chi connectivity index (χ0v) is 10.1. The lowest BCUT2D eigenvalue weighted by Crippen LogP contribution is -2.47. The Morgan fingerprint density at radius 2 is 2.06 bits per heavy atom. The van der Waals surface area contributed by atoms with Crippen LogP contribution in [-0.2, 0) is 14.3 Å². The molecule has 4 N–H and O–H groups in total. The Kier molecular flexibility index (Phi) is 4.89. The van der Waals surface area contributed by atoms with Crippen molar-refractivity contribution in [2.45, 2.75) is 31.8 Å². The highest BCUT2D eigenvalue weighted by atomic mass is 16.5. The Labute approximate surface area is 101 Å². The van der Waals surface area contributed by atoms with E-state index in [9.17, 15) is 14.7 Å². The van der Waals surface area contributed by atoms with Gasteiger partial charge in [0.15, 0.2) is 6.10 Å². The first-order chi connectivity index (χ1) is 8.05. The summed E-state index contributed by atoms with van der Waals surface area (Å²) in [4.78, 5) is 22.9. The number of esters is 1. The number of hydrogen-bond acceptors (Lipinski definition) is 5. The highest BCUT2D eigenvalue weighted by Crippen LogP contribution is 2.37. The number of aliphatic hydroxyl groups is 1. The first-order valence-corrected chi connectivity index (χ1v) is 5.80. The first kappa shape index (κ1) is 13.9. The maximum atomic E-state index is 12.0. The van der Waals surface area contributed by atoms with Gasteiger partial charge >= 0.3 is 5.97 Å². The van der Waals surface area contributed by atoms with Crippen molar-refractivity contribution in [1.29, 1.82) is 0 Å². The van der Waals surface area contributed by atoms with Crippen LogP contribution in [0.4, 0.5) is 0 Å². The summed E-state index contributed by atoms with van der Waals surface area (Å²) < 4.78 is 4.36. The van der Waals surface area contributed by atoms with Crippen LogP contribution in [0.5, 0.6) is 0 Å². The minimum absolute atomic E-state index is 0.132.